The number of ether oxygens (including phenoxy) is 2. The highest BCUT2D eigenvalue weighted by Gasteiger charge is 2.23. The summed E-state index contributed by atoms with van der Waals surface area (Å²) in [5.74, 6) is 1.80. The molecule has 2 atom stereocenters. The van der Waals surface area contributed by atoms with Crippen molar-refractivity contribution < 1.29 is 14.3 Å². The molecular weight excluding hydrogens is 280 g/mol. The van der Waals surface area contributed by atoms with E-state index in [1.165, 1.54) is 19.3 Å². The highest BCUT2D eigenvalue weighted by atomic mass is 16.5. The lowest BCUT2D eigenvalue weighted by Gasteiger charge is -2.29. The Labute approximate surface area is 132 Å². The number of methoxy groups -OCH3 is 2. The minimum atomic E-state index is -0.158. The quantitative estimate of drug-likeness (QED) is 0.891. The number of hydrogen-bond donors (Lipinski definition) is 2. The Morgan fingerprint density at radius 3 is 2.41 bits per heavy atom. The number of urea groups is 1. The number of rotatable bonds is 4. The van der Waals surface area contributed by atoms with Crippen molar-refractivity contribution in [2.75, 3.05) is 19.5 Å². The molecule has 0 heterocycles. The molecule has 1 saturated carbocycles. The fourth-order valence-electron chi connectivity index (χ4n) is 2.97. The molecule has 0 radical (unpaired) electrons. The Balaban J connectivity index is 2.04. The van der Waals surface area contributed by atoms with Gasteiger partial charge < -0.3 is 20.1 Å². The van der Waals surface area contributed by atoms with Gasteiger partial charge in [0.2, 0.25) is 0 Å². The van der Waals surface area contributed by atoms with Crippen molar-refractivity contribution in [1.82, 2.24) is 5.32 Å². The maximum Gasteiger partial charge on any atom is 0.319 e. The topological polar surface area (TPSA) is 59.6 Å². The van der Waals surface area contributed by atoms with E-state index in [0.29, 0.717) is 17.4 Å². The third-order valence-electron chi connectivity index (χ3n) is 4.41. The highest BCUT2D eigenvalue weighted by molar-refractivity contribution is 5.90. The zero-order valence-corrected chi connectivity index (χ0v) is 13.9. The van der Waals surface area contributed by atoms with Crippen molar-refractivity contribution in [1.29, 1.82) is 0 Å². The molecule has 0 spiro atoms. The second-order valence-corrected chi connectivity index (χ2v) is 5.99. The van der Waals surface area contributed by atoms with Gasteiger partial charge in [0.1, 0.15) is 0 Å². The molecule has 1 aliphatic carbocycles. The van der Waals surface area contributed by atoms with Crippen LogP contribution in [-0.4, -0.2) is 26.3 Å². The van der Waals surface area contributed by atoms with Gasteiger partial charge >= 0.3 is 6.03 Å². The van der Waals surface area contributed by atoms with Gasteiger partial charge in [-0.15, -0.1) is 0 Å². The molecule has 2 N–H and O–H groups in total. The van der Waals surface area contributed by atoms with E-state index in [9.17, 15) is 4.79 Å². The zero-order chi connectivity index (χ0) is 16.1. The predicted molar refractivity (Wildman–Crippen MR) is 87.9 cm³/mol. The number of anilines is 1. The van der Waals surface area contributed by atoms with Crippen molar-refractivity contribution in [2.45, 2.75) is 45.6 Å². The monoisotopic (exact) mass is 306 g/mol. The van der Waals surface area contributed by atoms with Crippen molar-refractivity contribution in [3.8, 4) is 11.5 Å². The van der Waals surface area contributed by atoms with Crippen molar-refractivity contribution in [2.24, 2.45) is 5.92 Å². The Bertz CT molecular complexity index is 531. The number of amides is 2. The largest absolute Gasteiger partial charge is 0.493 e. The van der Waals surface area contributed by atoms with Crippen LogP contribution >= 0.6 is 0 Å². The summed E-state index contributed by atoms with van der Waals surface area (Å²) in [6.45, 7) is 4.13. The van der Waals surface area contributed by atoms with Gasteiger partial charge in [-0.3, -0.25) is 0 Å². The standard InChI is InChI=1S/C17H26N2O3/c1-11-7-5-6-8-13(11)18-17(20)19-14-10-16(22-4)15(21-3)9-12(14)2/h9-11,13H,5-8H2,1-4H3,(H2,18,19,20)/t11-,13-/m1/s1. The van der Waals surface area contributed by atoms with Crippen LogP contribution < -0.4 is 20.1 Å². The first-order valence-corrected chi connectivity index (χ1v) is 7.85. The molecule has 122 valence electrons. The molecule has 22 heavy (non-hydrogen) atoms. The molecule has 1 fully saturated rings. The van der Waals surface area contributed by atoms with E-state index in [1.807, 2.05) is 13.0 Å². The third kappa shape index (κ3) is 3.84. The molecule has 0 unspecified atom stereocenters. The number of carbonyl (C=O) groups is 1. The molecule has 0 saturated heterocycles. The van der Waals surface area contributed by atoms with Crippen LogP contribution in [-0.2, 0) is 0 Å². The van der Waals surface area contributed by atoms with Gasteiger partial charge in [0, 0.05) is 17.8 Å². The third-order valence-corrected chi connectivity index (χ3v) is 4.41. The average Bonchev–Trinajstić information content (AvgIpc) is 2.51. The van der Waals surface area contributed by atoms with Gasteiger partial charge in [0.15, 0.2) is 11.5 Å². The first-order chi connectivity index (χ1) is 10.5. The summed E-state index contributed by atoms with van der Waals surface area (Å²) < 4.78 is 10.5. The first kappa shape index (κ1) is 16.5. The second-order valence-electron chi connectivity index (χ2n) is 5.99. The van der Waals surface area contributed by atoms with Crippen molar-refractivity contribution in [3.63, 3.8) is 0 Å². The summed E-state index contributed by atoms with van der Waals surface area (Å²) in [5, 5.41) is 6.01. The number of nitrogens with one attached hydrogen (secondary N) is 2. The summed E-state index contributed by atoms with van der Waals surface area (Å²) >= 11 is 0. The van der Waals surface area contributed by atoms with Gasteiger partial charge in [-0.05, 0) is 37.3 Å². The molecular formula is C17H26N2O3. The van der Waals surface area contributed by atoms with Crippen LogP contribution in [0.2, 0.25) is 0 Å². The van der Waals surface area contributed by atoms with Crippen LogP contribution in [0.3, 0.4) is 0 Å². The Kier molecular flexibility index (Phi) is 5.52. The molecule has 0 aliphatic heterocycles. The highest BCUT2D eigenvalue weighted by Crippen LogP contribution is 2.33. The van der Waals surface area contributed by atoms with Crippen LogP contribution in [0.4, 0.5) is 10.5 Å². The van der Waals surface area contributed by atoms with Gasteiger partial charge in [-0.2, -0.15) is 0 Å². The number of carbonyl (C=O) groups excluding carboxylic acids is 1. The number of aryl methyl sites for hydroxylation is 1. The summed E-state index contributed by atoms with van der Waals surface area (Å²) in [6, 6.07) is 3.75. The van der Waals surface area contributed by atoms with E-state index in [2.05, 4.69) is 17.6 Å². The molecule has 2 rings (SSSR count). The van der Waals surface area contributed by atoms with Gasteiger partial charge in [-0.1, -0.05) is 19.8 Å². The van der Waals surface area contributed by atoms with E-state index in [4.69, 9.17) is 9.47 Å². The Morgan fingerprint density at radius 1 is 1.14 bits per heavy atom. The first-order valence-electron chi connectivity index (χ1n) is 7.85. The summed E-state index contributed by atoms with van der Waals surface area (Å²) in [6.07, 6.45) is 4.68. The van der Waals surface area contributed by atoms with E-state index >= 15 is 0 Å². The van der Waals surface area contributed by atoms with Crippen LogP contribution in [0.5, 0.6) is 11.5 Å². The van der Waals surface area contributed by atoms with Crippen molar-refractivity contribution in [3.05, 3.63) is 17.7 Å². The molecule has 1 aromatic rings. The molecule has 5 nitrogen and oxygen atoms in total. The minimum absolute atomic E-state index is 0.158. The molecule has 0 bridgehead atoms. The van der Waals surface area contributed by atoms with E-state index in [-0.39, 0.29) is 12.1 Å². The van der Waals surface area contributed by atoms with Crippen LogP contribution in [0.1, 0.15) is 38.2 Å². The minimum Gasteiger partial charge on any atom is -0.493 e. The van der Waals surface area contributed by atoms with Crippen LogP contribution in [0.15, 0.2) is 12.1 Å². The fraction of sp³-hybridized carbons (Fsp3) is 0.588. The maximum absolute atomic E-state index is 12.2. The van der Waals surface area contributed by atoms with Gasteiger partial charge in [0.25, 0.3) is 0 Å². The second kappa shape index (κ2) is 7.38. The fourth-order valence-corrected chi connectivity index (χ4v) is 2.97. The number of benzene rings is 1. The normalized spacial score (nSPS) is 21.1. The van der Waals surface area contributed by atoms with Gasteiger partial charge in [-0.25, -0.2) is 4.79 Å². The van der Waals surface area contributed by atoms with Gasteiger partial charge in [0.05, 0.1) is 14.2 Å². The Morgan fingerprint density at radius 2 is 1.77 bits per heavy atom. The van der Waals surface area contributed by atoms with E-state index in [0.717, 1.165) is 17.7 Å². The van der Waals surface area contributed by atoms with Crippen molar-refractivity contribution >= 4 is 11.7 Å². The molecule has 0 aromatic heterocycles. The smallest absolute Gasteiger partial charge is 0.319 e. The number of hydrogen-bond acceptors (Lipinski definition) is 3. The molecule has 1 aliphatic rings. The SMILES string of the molecule is COc1cc(C)c(NC(=O)N[C@@H]2CCCC[C@H]2C)cc1OC. The summed E-state index contributed by atoms with van der Waals surface area (Å²) in [5.41, 5.74) is 1.67. The lowest BCUT2D eigenvalue weighted by molar-refractivity contribution is 0.232. The Hall–Kier alpha value is -1.91. The predicted octanol–water partition coefficient (Wildman–Crippen LogP) is 3.71. The van der Waals surface area contributed by atoms with Crippen LogP contribution in [0, 0.1) is 12.8 Å². The maximum atomic E-state index is 12.2. The van der Waals surface area contributed by atoms with Crippen LogP contribution in [0.25, 0.3) is 0 Å². The molecule has 1 aromatic carbocycles. The molecule has 2 amide bonds. The van der Waals surface area contributed by atoms with E-state index < -0.39 is 0 Å². The lowest BCUT2D eigenvalue weighted by Crippen LogP contribution is -2.43. The lowest BCUT2D eigenvalue weighted by atomic mass is 9.86. The summed E-state index contributed by atoms with van der Waals surface area (Å²) in [7, 11) is 3.18. The zero-order valence-electron chi connectivity index (χ0n) is 13.9. The summed E-state index contributed by atoms with van der Waals surface area (Å²) in [4.78, 5) is 12.2. The molecule has 5 heteroatoms. The average molecular weight is 306 g/mol. The van der Waals surface area contributed by atoms with E-state index in [1.54, 1.807) is 20.3 Å².